The van der Waals surface area contributed by atoms with E-state index in [1.54, 1.807) is 12.1 Å². The smallest absolute Gasteiger partial charge is 0.127 e. The first-order chi connectivity index (χ1) is 12.3. The highest BCUT2D eigenvalue weighted by atomic mass is 19.1. The number of rotatable bonds is 5. The molecule has 1 aromatic carbocycles. The van der Waals surface area contributed by atoms with Gasteiger partial charge in [-0.1, -0.05) is 18.2 Å². The number of halogens is 1. The van der Waals surface area contributed by atoms with E-state index in [-0.39, 0.29) is 18.0 Å². The SMILES string of the molecule is Fc1ccccc1CN1C[C@H](OCC2CCOCC2)[C@H]2OCCC[C@H]21. The van der Waals surface area contributed by atoms with Gasteiger partial charge in [0.25, 0.3) is 0 Å². The van der Waals surface area contributed by atoms with Crippen LogP contribution in [0.5, 0.6) is 0 Å². The van der Waals surface area contributed by atoms with Crippen molar-refractivity contribution in [1.29, 1.82) is 0 Å². The first-order valence-electron chi connectivity index (χ1n) is 9.59. The van der Waals surface area contributed by atoms with Crippen molar-refractivity contribution in [1.82, 2.24) is 4.90 Å². The van der Waals surface area contributed by atoms with Crippen molar-refractivity contribution in [3.63, 3.8) is 0 Å². The lowest BCUT2D eigenvalue weighted by Gasteiger charge is -2.32. The minimum Gasteiger partial charge on any atom is -0.381 e. The Hall–Kier alpha value is -1.01. The molecule has 3 atom stereocenters. The van der Waals surface area contributed by atoms with Crippen LogP contribution in [0.1, 0.15) is 31.2 Å². The van der Waals surface area contributed by atoms with E-state index >= 15 is 0 Å². The molecule has 25 heavy (non-hydrogen) atoms. The van der Waals surface area contributed by atoms with Crippen LogP contribution in [0.2, 0.25) is 0 Å². The number of hydrogen-bond donors (Lipinski definition) is 0. The lowest BCUT2D eigenvalue weighted by molar-refractivity contribution is -0.0892. The van der Waals surface area contributed by atoms with Crippen LogP contribution in [-0.2, 0) is 20.8 Å². The molecule has 3 saturated heterocycles. The summed E-state index contributed by atoms with van der Waals surface area (Å²) in [5.74, 6) is 0.471. The maximum atomic E-state index is 14.1. The van der Waals surface area contributed by atoms with E-state index in [0.29, 0.717) is 18.5 Å². The van der Waals surface area contributed by atoms with Gasteiger partial charge >= 0.3 is 0 Å². The summed E-state index contributed by atoms with van der Waals surface area (Å²) in [6.45, 7) is 4.75. The van der Waals surface area contributed by atoms with Gasteiger partial charge in [-0.3, -0.25) is 4.90 Å². The first-order valence-corrected chi connectivity index (χ1v) is 9.59. The lowest BCUT2D eigenvalue weighted by Crippen LogP contribution is -2.42. The van der Waals surface area contributed by atoms with Gasteiger partial charge in [0.2, 0.25) is 0 Å². The molecule has 3 aliphatic rings. The summed E-state index contributed by atoms with van der Waals surface area (Å²) >= 11 is 0. The normalized spacial score (nSPS) is 31.2. The summed E-state index contributed by atoms with van der Waals surface area (Å²) in [6, 6.07) is 7.41. The number of likely N-dealkylation sites (tertiary alicyclic amines) is 1. The minimum absolute atomic E-state index is 0.0971. The molecule has 0 N–H and O–H groups in total. The molecule has 3 aliphatic heterocycles. The van der Waals surface area contributed by atoms with Crippen LogP contribution in [0.3, 0.4) is 0 Å². The fourth-order valence-electron chi connectivity index (χ4n) is 4.35. The Bertz CT molecular complexity index is 564. The van der Waals surface area contributed by atoms with Gasteiger partial charge in [0.05, 0.1) is 12.7 Å². The van der Waals surface area contributed by atoms with Crippen LogP contribution in [0.25, 0.3) is 0 Å². The zero-order chi connectivity index (χ0) is 17.1. The fourth-order valence-corrected chi connectivity index (χ4v) is 4.35. The molecule has 0 unspecified atom stereocenters. The van der Waals surface area contributed by atoms with Gasteiger partial charge in [0.15, 0.2) is 0 Å². The third-order valence-electron chi connectivity index (χ3n) is 5.80. The quantitative estimate of drug-likeness (QED) is 0.818. The number of ether oxygens (including phenoxy) is 3. The summed E-state index contributed by atoms with van der Waals surface area (Å²) in [6.07, 6.45) is 4.57. The highest BCUT2D eigenvalue weighted by Gasteiger charge is 2.44. The molecule has 138 valence electrons. The molecule has 4 nitrogen and oxygen atoms in total. The molecular formula is C20H28FNO3. The molecule has 0 bridgehead atoms. The standard InChI is InChI=1S/C20H28FNO3/c21-17-5-2-1-4-16(17)12-22-13-19(20-18(22)6-3-9-24-20)25-14-15-7-10-23-11-8-15/h1-2,4-5,15,18-20H,3,6-14H2/t18-,19+,20+/m1/s1. The van der Waals surface area contributed by atoms with E-state index in [1.165, 1.54) is 0 Å². The predicted molar refractivity (Wildman–Crippen MR) is 92.9 cm³/mol. The number of benzene rings is 1. The van der Waals surface area contributed by atoms with E-state index in [1.807, 2.05) is 12.1 Å². The third-order valence-corrected chi connectivity index (χ3v) is 5.80. The van der Waals surface area contributed by atoms with Gasteiger partial charge in [-0.15, -0.1) is 0 Å². The Morgan fingerprint density at radius 2 is 1.96 bits per heavy atom. The van der Waals surface area contributed by atoms with Crippen LogP contribution < -0.4 is 0 Å². The second kappa shape index (κ2) is 8.12. The van der Waals surface area contributed by atoms with E-state index in [0.717, 1.165) is 64.2 Å². The topological polar surface area (TPSA) is 30.9 Å². The van der Waals surface area contributed by atoms with Crippen molar-refractivity contribution in [2.45, 2.75) is 50.5 Å². The van der Waals surface area contributed by atoms with Crippen LogP contribution in [0, 0.1) is 11.7 Å². The van der Waals surface area contributed by atoms with Gasteiger partial charge in [0, 0.05) is 44.5 Å². The maximum absolute atomic E-state index is 14.1. The largest absolute Gasteiger partial charge is 0.381 e. The average Bonchev–Trinajstić information content (AvgIpc) is 3.01. The molecule has 1 aromatic rings. The molecule has 0 radical (unpaired) electrons. The van der Waals surface area contributed by atoms with Gasteiger partial charge in [0.1, 0.15) is 11.9 Å². The lowest BCUT2D eigenvalue weighted by atomic mass is 10.0. The highest BCUT2D eigenvalue weighted by Crippen LogP contribution is 2.32. The average molecular weight is 349 g/mol. The molecule has 5 heteroatoms. The molecule has 0 saturated carbocycles. The Labute approximate surface area is 149 Å². The summed E-state index contributed by atoms with van der Waals surface area (Å²) < 4.78 is 31.8. The van der Waals surface area contributed by atoms with Gasteiger partial charge in [-0.2, -0.15) is 0 Å². The third kappa shape index (κ3) is 4.05. The van der Waals surface area contributed by atoms with Crippen LogP contribution in [0.15, 0.2) is 24.3 Å². The zero-order valence-corrected chi connectivity index (χ0v) is 14.7. The first kappa shape index (κ1) is 17.4. The van der Waals surface area contributed by atoms with Crippen molar-refractivity contribution in [2.24, 2.45) is 5.92 Å². The number of fused-ring (bicyclic) bond motifs is 1. The van der Waals surface area contributed by atoms with Crippen LogP contribution in [-0.4, -0.2) is 56.1 Å². The molecule has 3 heterocycles. The van der Waals surface area contributed by atoms with Gasteiger partial charge in [-0.25, -0.2) is 4.39 Å². The Morgan fingerprint density at radius 3 is 2.80 bits per heavy atom. The molecule has 4 rings (SSSR count). The predicted octanol–water partition coefficient (Wildman–Crippen LogP) is 3.00. The van der Waals surface area contributed by atoms with Crippen LogP contribution >= 0.6 is 0 Å². The van der Waals surface area contributed by atoms with Crippen molar-refractivity contribution < 1.29 is 18.6 Å². The monoisotopic (exact) mass is 349 g/mol. The van der Waals surface area contributed by atoms with Crippen molar-refractivity contribution in [3.8, 4) is 0 Å². The van der Waals surface area contributed by atoms with E-state index in [2.05, 4.69) is 4.90 Å². The van der Waals surface area contributed by atoms with Crippen molar-refractivity contribution in [2.75, 3.05) is 33.0 Å². The van der Waals surface area contributed by atoms with E-state index in [9.17, 15) is 4.39 Å². The minimum atomic E-state index is -0.123. The van der Waals surface area contributed by atoms with Gasteiger partial charge < -0.3 is 14.2 Å². The Balaban J connectivity index is 1.39. The Kier molecular flexibility index (Phi) is 5.66. The second-order valence-corrected chi connectivity index (χ2v) is 7.49. The van der Waals surface area contributed by atoms with Crippen molar-refractivity contribution in [3.05, 3.63) is 35.6 Å². The molecule has 0 spiro atoms. The fraction of sp³-hybridized carbons (Fsp3) is 0.700. The summed E-state index contributed by atoms with van der Waals surface area (Å²) in [7, 11) is 0. The molecule has 3 fully saturated rings. The molecule has 0 aliphatic carbocycles. The Morgan fingerprint density at radius 1 is 1.12 bits per heavy atom. The second-order valence-electron chi connectivity index (χ2n) is 7.49. The van der Waals surface area contributed by atoms with E-state index in [4.69, 9.17) is 14.2 Å². The highest BCUT2D eigenvalue weighted by molar-refractivity contribution is 5.18. The summed E-state index contributed by atoms with van der Waals surface area (Å²) in [5, 5.41) is 0. The molecule has 0 amide bonds. The molecule has 0 aromatic heterocycles. The maximum Gasteiger partial charge on any atom is 0.127 e. The zero-order valence-electron chi connectivity index (χ0n) is 14.7. The summed E-state index contributed by atoms with van der Waals surface area (Å²) in [4.78, 5) is 2.36. The van der Waals surface area contributed by atoms with Crippen molar-refractivity contribution >= 4 is 0 Å². The van der Waals surface area contributed by atoms with Crippen LogP contribution in [0.4, 0.5) is 4.39 Å². The molecular weight excluding hydrogens is 321 g/mol. The van der Waals surface area contributed by atoms with E-state index < -0.39 is 0 Å². The number of nitrogens with zero attached hydrogens (tertiary/aromatic N) is 1. The number of hydrogen-bond acceptors (Lipinski definition) is 4. The van der Waals surface area contributed by atoms with Gasteiger partial charge in [-0.05, 0) is 37.7 Å². The summed E-state index contributed by atoms with van der Waals surface area (Å²) in [5.41, 5.74) is 0.761.